The van der Waals surface area contributed by atoms with Gasteiger partial charge in [-0.05, 0) is 57.0 Å². The lowest BCUT2D eigenvalue weighted by Crippen LogP contribution is -2.50. The van der Waals surface area contributed by atoms with E-state index < -0.39 is 0 Å². The number of hydrogen-bond donors (Lipinski definition) is 1. The minimum Gasteiger partial charge on any atom is -0.496 e. The molecule has 0 saturated carbocycles. The lowest BCUT2D eigenvalue weighted by atomic mass is 10.0. The van der Waals surface area contributed by atoms with E-state index in [1.165, 1.54) is 0 Å². The molecule has 1 saturated heterocycles. The van der Waals surface area contributed by atoms with Gasteiger partial charge in [0.1, 0.15) is 17.6 Å². The zero-order valence-electron chi connectivity index (χ0n) is 17.8. The van der Waals surface area contributed by atoms with E-state index in [0.717, 1.165) is 43.0 Å². The van der Waals surface area contributed by atoms with Gasteiger partial charge in [-0.2, -0.15) is 5.26 Å². The molecule has 0 radical (unpaired) electrons. The molecule has 6 nitrogen and oxygen atoms in total. The van der Waals surface area contributed by atoms with E-state index in [1.807, 2.05) is 50.2 Å². The van der Waals surface area contributed by atoms with E-state index in [0.29, 0.717) is 5.56 Å². The van der Waals surface area contributed by atoms with E-state index in [-0.39, 0.29) is 24.1 Å². The Morgan fingerprint density at radius 2 is 1.80 bits per heavy atom. The van der Waals surface area contributed by atoms with Gasteiger partial charge in [0.25, 0.3) is 0 Å². The van der Waals surface area contributed by atoms with E-state index in [1.54, 1.807) is 19.2 Å². The van der Waals surface area contributed by atoms with Crippen molar-refractivity contribution in [3.8, 4) is 17.6 Å². The summed E-state index contributed by atoms with van der Waals surface area (Å²) in [6, 6.07) is 16.7. The zero-order valence-corrected chi connectivity index (χ0v) is 17.8. The Bertz CT molecular complexity index is 883. The highest BCUT2D eigenvalue weighted by atomic mass is 16.5. The Kier molecular flexibility index (Phi) is 7.31. The number of rotatable bonds is 7. The summed E-state index contributed by atoms with van der Waals surface area (Å²) in [7, 11) is 1.64. The smallest absolute Gasteiger partial charge is 0.237 e. The second kappa shape index (κ2) is 10.1. The van der Waals surface area contributed by atoms with Crippen LogP contribution in [0.2, 0.25) is 0 Å². The Hall–Kier alpha value is -3.04. The van der Waals surface area contributed by atoms with Crippen molar-refractivity contribution in [2.24, 2.45) is 0 Å². The van der Waals surface area contributed by atoms with Crippen LogP contribution < -0.4 is 14.8 Å². The number of hydrogen-bond acceptors (Lipinski definition) is 5. The van der Waals surface area contributed by atoms with Crippen molar-refractivity contribution < 1.29 is 14.3 Å². The molecule has 2 aromatic rings. The third kappa shape index (κ3) is 5.31. The van der Waals surface area contributed by atoms with Gasteiger partial charge in [0.2, 0.25) is 5.91 Å². The van der Waals surface area contributed by atoms with Crippen LogP contribution in [0.5, 0.6) is 11.5 Å². The number of methoxy groups -OCH3 is 1. The van der Waals surface area contributed by atoms with Crippen LogP contribution in [0.1, 0.15) is 43.9 Å². The van der Waals surface area contributed by atoms with Crippen molar-refractivity contribution in [2.75, 3.05) is 20.2 Å². The van der Waals surface area contributed by atoms with Crippen molar-refractivity contribution in [3.63, 3.8) is 0 Å². The van der Waals surface area contributed by atoms with Gasteiger partial charge in [-0.25, -0.2) is 0 Å². The average Bonchev–Trinajstić information content (AvgIpc) is 2.79. The van der Waals surface area contributed by atoms with Gasteiger partial charge >= 0.3 is 0 Å². The van der Waals surface area contributed by atoms with E-state index in [4.69, 9.17) is 14.7 Å². The van der Waals surface area contributed by atoms with E-state index in [9.17, 15) is 4.79 Å². The molecule has 0 bridgehead atoms. The van der Waals surface area contributed by atoms with Crippen molar-refractivity contribution in [2.45, 2.75) is 44.9 Å². The maximum absolute atomic E-state index is 12.8. The summed E-state index contributed by atoms with van der Waals surface area (Å²) in [6.07, 6.45) is 1.84. The maximum atomic E-state index is 12.8. The number of benzene rings is 2. The van der Waals surface area contributed by atoms with Crippen LogP contribution in [-0.2, 0) is 4.79 Å². The van der Waals surface area contributed by atoms with Gasteiger partial charge in [-0.3, -0.25) is 9.69 Å². The number of carbonyl (C=O) groups excluding carboxylic acids is 1. The third-order valence-electron chi connectivity index (χ3n) is 5.65. The number of carbonyl (C=O) groups is 1. The number of likely N-dealkylation sites (tertiary alicyclic amines) is 1. The molecule has 158 valence electrons. The largest absolute Gasteiger partial charge is 0.496 e. The van der Waals surface area contributed by atoms with Gasteiger partial charge in [0.15, 0.2) is 0 Å². The van der Waals surface area contributed by atoms with E-state index in [2.05, 4.69) is 16.3 Å². The minimum absolute atomic E-state index is 0.0138. The van der Waals surface area contributed by atoms with Crippen molar-refractivity contribution >= 4 is 5.91 Å². The van der Waals surface area contributed by atoms with Crippen LogP contribution in [0, 0.1) is 11.3 Å². The molecule has 2 aromatic carbocycles. The normalized spacial score (nSPS) is 16.9. The quantitative estimate of drug-likeness (QED) is 0.758. The number of para-hydroxylation sites is 1. The second-order valence-electron chi connectivity index (χ2n) is 7.64. The third-order valence-corrected chi connectivity index (χ3v) is 5.65. The molecule has 2 atom stereocenters. The molecule has 1 aliphatic heterocycles. The fourth-order valence-electron chi connectivity index (χ4n) is 3.78. The van der Waals surface area contributed by atoms with Gasteiger partial charge in [-0.1, -0.05) is 18.2 Å². The van der Waals surface area contributed by atoms with Gasteiger partial charge in [0, 0.05) is 18.7 Å². The molecule has 1 aliphatic rings. The fraction of sp³-hybridized carbons (Fsp3) is 0.417. The lowest BCUT2D eigenvalue weighted by Gasteiger charge is -2.35. The molecule has 0 aliphatic carbocycles. The first kappa shape index (κ1) is 21.7. The van der Waals surface area contributed by atoms with Crippen molar-refractivity contribution in [1.29, 1.82) is 5.26 Å². The molecular weight excluding hydrogens is 378 g/mol. The first-order valence-corrected chi connectivity index (χ1v) is 10.4. The summed E-state index contributed by atoms with van der Waals surface area (Å²) >= 11 is 0. The summed E-state index contributed by atoms with van der Waals surface area (Å²) in [5.41, 5.74) is 1.59. The minimum atomic E-state index is -0.210. The molecule has 2 unspecified atom stereocenters. The molecule has 6 heteroatoms. The molecule has 0 spiro atoms. The average molecular weight is 408 g/mol. The number of piperidine rings is 1. The standard InChI is InChI=1S/C24H29N3O3/c1-17(22-6-4-5-7-23(22)29-3)26-24(28)18(2)27-14-12-21(13-15-27)30-20-10-8-19(16-25)9-11-20/h4-11,17-18,21H,12-15H2,1-3H3,(H,26,28). The SMILES string of the molecule is COc1ccccc1C(C)NC(=O)C(C)N1CCC(Oc2ccc(C#N)cc2)CC1. The van der Waals surface area contributed by atoms with Crippen LogP contribution in [0.25, 0.3) is 0 Å². The number of ether oxygens (including phenoxy) is 2. The first-order valence-electron chi connectivity index (χ1n) is 10.4. The van der Waals surface area contributed by atoms with Gasteiger partial charge in [-0.15, -0.1) is 0 Å². The Labute approximate surface area is 178 Å². The zero-order chi connectivity index (χ0) is 21.5. The van der Waals surface area contributed by atoms with Crippen LogP contribution >= 0.6 is 0 Å². The van der Waals surface area contributed by atoms with E-state index >= 15 is 0 Å². The molecule has 1 N–H and O–H groups in total. The molecule has 3 rings (SSSR count). The Morgan fingerprint density at radius 3 is 2.43 bits per heavy atom. The number of nitrogens with zero attached hydrogens (tertiary/aromatic N) is 2. The number of amides is 1. The number of nitrogens with one attached hydrogen (secondary N) is 1. The highest BCUT2D eigenvalue weighted by molar-refractivity contribution is 5.81. The van der Waals surface area contributed by atoms with Gasteiger partial charge < -0.3 is 14.8 Å². The molecule has 30 heavy (non-hydrogen) atoms. The molecule has 0 aromatic heterocycles. The highest BCUT2D eigenvalue weighted by Crippen LogP contribution is 2.25. The first-order chi connectivity index (χ1) is 14.5. The van der Waals surface area contributed by atoms with Gasteiger partial charge in [0.05, 0.1) is 30.8 Å². The van der Waals surface area contributed by atoms with Crippen LogP contribution in [-0.4, -0.2) is 43.2 Å². The van der Waals surface area contributed by atoms with Crippen LogP contribution in [0.3, 0.4) is 0 Å². The summed E-state index contributed by atoms with van der Waals surface area (Å²) < 4.78 is 11.4. The molecular formula is C24H29N3O3. The van der Waals surface area contributed by atoms with Crippen molar-refractivity contribution in [1.82, 2.24) is 10.2 Å². The molecule has 1 heterocycles. The van der Waals surface area contributed by atoms with Crippen LogP contribution in [0.15, 0.2) is 48.5 Å². The Morgan fingerprint density at radius 1 is 1.13 bits per heavy atom. The summed E-state index contributed by atoms with van der Waals surface area (Å²) in [5, 5.41) is 12.0. The molecule has 1 amide bonds. The van der Waals surface area contributed by atoms with Crippen molar-refractivity contribution in [3.05, 3.63) is 59.7 Å². The summed E-state index contributed by atoms with van der Waals surface area (Å²) in [6.45, 7) is 5.53. The lowest BCUT2D eigenvalue weighted by molar-refractivity contribution is -0.127. The molecule has 1 fully saturated rings. The highest BCUT2D eigenvalue weighted by Gasteiger charge is 2.28. The predicted octanol–water partition coefficient (Wildman–Crippen LogP) is 3.68. The predicted molar refractivity (Wildman–Crippen MR) is 115 cm³/mol. The fourth-order valence-corrected chi connectivity index (χ4v) is 3.78. The monoisotopic (exact) mass is 407 g/mol. The summed E-state index contributed by atoms with van der Waals surface area (Å²) in [5.74, 6) is 1.57. The Balaban J connectivity index is 1.49. The maximum Gasteiger partial charge on any atom is 0.237 e. The summed E-state index contributed by atoms with van der Waals surface area (Å²) in [4.78, 5) is 15.0. The van der Waals surface area contributed by atoms with Crippen LogP contribution in [0.4, 0.5) is 0 Å². The number of nitriles is 1. The topological polar surface area (TPSA) is 74.6 Å². The second-order valence-corrected chi connectivity index (χ2v) is 7.64.